The fourth-order valence-electron chi connectivity index (χ4n) is 3.64. The van der Waals surface area contributed by atoms with Gasteiger partial charge in [0.1, 0.15) is 0 Å². The summed E-state index contributed by atoms with van der Waals surface area (Å²) in [4.78, 5) is 21.9. The van der Waals surface area contributed by atoms with Gasteiger partial charge >= 0.3 is 0 Å². The number of hydrogen-bond acceptors (Lipinski definition) is 6. The highest BCUT2D eigenvalue weighted by Gasteiger charge is 2.17. The Morgan fingerprint density at radius 3 is 2.71 bits per heavy atom. The molecule has 0 unspecified atom stereocenters. The van der Waals surface area contributed by atoms with Crippen LogP contribution in [0.4, 0.5) is 5.82 Å². The highest BCUT2D eigenvalue weighted by molar-refractivity contribution is 6.02. The van der Waals surface area contributed by atoms with Crippen molar-refractivity contribution in [3.8, 4) is 17.4 Å². The molecule has 1 N–H and O–H groups in total. The number of ether oxygens (including phenoxy) is 2. The average molecular weight is 413 g/mol. The van der Waals surface area contributed by atoms with Gasteiger partial charge in [0, 0.05) is 22.7 Å². The Kier molecular flexibility index (Phi) is 4.63. The molecule has 31 heavy (non-hydrogen) atoms. The van der Waals surface area contributed by atoms with Crippen molar-refractivity contribution in [2.45, 2.75) is 13.5 Å². The first kappa shape index (κ1) is 18.9. The molecule has 0 fully saturated rings. The van der Waals surface area contributed by atoms with Crippen LogP contribution in [0.2, 0.25) is 0 Å². The predicted octanol–water partition coefficient (Wildman–Crippen LogP) is 3.94. The van der Waals surface area contributed by atoms with E-state index in [-0.39, 0.29) is 24.8 Å². The number of benzene rings is 2. The molecule has 7 nitrogen and oxygen atoms in total. The fraction of sp³-hybridized carbons (Fsp3) is 0.125. The molecule has 7 heteroatoms. The van der Waals surface area contributed by atoms with E-state index in [4.69, 9.17) is 9.47 Å². The van der Waals surface area contributed by atoms with Crippen LogP contribution in [0.3, 0.4) is 0 Å². The maximum atomic E-state index is 13.1. The van der Waals surface area contributed by atoms with Crippen molar-refractivity contribution in [3.05, 3.63) is 87.8 Å². The van der Waals surface area contributed by atoms with E-state index in [1.165, 1.54) is 4.57 Å². The Hall–Kier alpha value is -4.13. The van der Waals surface area contributed by atoms with Gasteiger partial charge in [-0.15, -0.1) is 0 Å². The van der Waals surface area contributed by atoms with Crippen molar-refractivity contribution in [2.75, 3.05) is 6.79 Å². The van der Waals surface area contributed by atoms with Crippen LogP contribution in [-0.4, -0.2) is 27.7 Å². The molecule has 0 spiro atoms. The first-order chi connectivity index (χ1) is 15.1. The monoisotopic (exact) mass is 413 g/mol. The van der Waals surface area contributed by atoms with Crippen molar-refractivity contribution < 1.29 is 14.6 Å². The largest absolute Gasteiger partial charge is 0.494 e. The fourth-order valence-corrected chi connectivity index (χ4v) is 3.64. The van der Waals surface area contributed by atoms with Gasteiger partial charge < -0.3 is 14.6 Å². The number of fused-ring (bicyclic) bond motifs is 2. The van der Waals surface area contributed by atoms with Crippen molar-refractivity contribution in [1.82, 2.24) is 9.55 Å². The zero-order valence-electron chi connectivity index (χ0n) is 16.8. The summed E-state index contributed by atoms with van der Waals surface area (Å²) in [5, 5.41) is 12.2. The molecule has 4 aromatic rings. The van der Waals surface area contributed by atoms with Gasteiger partial charge in [-0.05, 0) is 42.8 Å². The zero-order chi connectivity index (χ0) is 21.4. The van der Waals surface area contributed by atoms with Crippen LogP contribution >= 0.6 is 0 Å². The first-order valence-electron chi connectivity index (χ1n) is 9.81. The molecule has 1 aliphatic rings. The summed E-state index contributed by atoms with van der Waals surface area (Å²) in [5.41, 5.74) is 1.83. The molecule has 3 heterocycles. The average Bonchev–Trinajstić information content (AvgIpc) is 3.25. The molecule has 0 atom stereocenters. The lowest BCUT2D eigenvalue weighted by Gasteiger charge is -2.14. The number of aliphatic imine (C=N–C) groups is 1. The summed E-state index contributed by atoms with van der Waals surface area (Å²) in [6.07, 6.45) is 1.55. The van der Waals surface area contributed by atoms with Crippen molar-refractivity contribution >= 4 is 22.8 Å². The molecule has 2 aromatic heterocycles. The maximum absolute atomic E-state index is 13.1. The Balaban J connectivity index is 1.63. The van der Waals surface area contributed by atoms with Crippen LogP contribution in [0.1, 0.15) is 16.8 Å². The summed E-state index contributed by atoms with van der Waals surface area (Å²) in [6, 6.07) is 18.2. The van der Waals surface area contributed by atoms with Crippen LogP contribution in [-0.2, 0) is 6.54 Å². The third-order valence-corrected chi connectivity index (χ3v) is 5.17. The van der Waals surface area contributed by atoms with Gasteiger partial charge in [-0.2, -0.15) is 0 Å². The molecule has 0 saturated heterocycles. The predicted molar refractivity (Wildman–Crippen MR) is 118 cm³/mol. The molecule has 0 radical (unpaired) electrons. The number of aromatic hydroxyl groups is 1. The third kappa shape index (κ3) is 3.50. The quantitative estimate of drug-likeness (QED) is 0.512. The Bertz CT molecular complexity index is 1390. The number of aromatic nitrogens is 2. The van der Waals surface area contributed by atoms with Crippen LogP contribution in [0.5, 0.6) is 17.4 Å². The summed E-state index contributed by atoms with van der Waals surface area (Å²) in [7, 11) is 0. The molecule has 0 aliphatic carbocycles. The molecule has 5 rings (SSSR count). The van der Waals surface area contributed by atoms with Crippen LogP contribution in [0, 0.1) is 6.92 Å². The van der Waals surface area contributed by atoms with E-state index in [0.717, 1.165) is 11.3 Å². The van der Waals surface area contributed by atoms with E-state index < -0.39 is 0 Å². The normalized spacial score (nSPS) is 12.7. The highest BCUT2D eigenvalue weighted by atomic mass is 16.7. The Morgan fingerprint density at radius 1 is 1.06 bits per heavy atom. The summed E-state index contributed by atoms with van der Waals surface area (Å²) in [5.74, 6) is 1.66. The van der Waals surface area contributed by atoms with E-state index in [1.54, 1.807) is 36.5 Å². The van der Waals surface area contributed by atoms with E-state index in [2.05, 4.69) is 9.98 Å². The van der Waals surface area contributed by atoms with Gasteiger partial charge in [-0.3, -0.25) is 9.36 Å². The van der Waals surface area contributed by atoms with Crippen molar-refractivity contribution in [2.24, 2.45) is 4.99 Å². The lowest BCUT2D eigenvalue weighted by molar-refractivity contribution is 0.174. The number of nitrogens with zero attached hydrogens (tertiary/aromatic N) is 3. The zero-order valence-corrected chi connectivity index (χ0v) is 16.8. The molecule has 2 aromatic carbocycles. The smallest absolute Gasteiger partial charge is 0.261 e. The van der Waals surface area contributed by atoms with Gasteiger partial charge in [-0.1, -0.05) is 30.3 Å². The Labute approximate surface area is 177 Å². The van der Waals surface area contributed by atoms with Crippen LogP contribution in [0.25, 0.3) is 10.8 Å². The van der Waals surface area contributed by atoms with Crippen LogP contribution < -0.4 is 15.0 Å². The minimum Gasteiger partial charge on any atom is -0.494 e. The second kappa shape index (κ2) is 7.60. The summed E-state index contributed by atoms with van der Waals surface area (Å²) < 4.78 is 12.1. The standard InChI is InChI=1S/C24H19N3O4/c1-15-5-4-8-22(26-15)25-12-19-17-6-2-3-7-18(17)23(28)27(24(19)29)13-16-9-10-20-21(11-16)31-14-30-20/h2-12,29H,13-14H2,1H3. The molecular formula is C24H19N3O4. The van der Waals surface area contributed by atoms with E-state index in [1.807, 2.05) is 37.3 Å². The van der Waals surface area contributed by atoms with Gasteiger partial charge in [0.05, 0.1) is 12.1 Å². The summed E-state index contributed by atoms with van der Waals surface area (Å²) >= 11 is 0. The molecule has 0 saturated carbocycles. The van der Waals surface area contributed by atoms with Gasteiger partial charge in [-0.25, -0.2) is 9.98 Å². The van der Waals surface area contributed by atoms with Crippen LogP contribution in [0.15, 0.2) is 70.5 Å². The second-order valence-corrected chi connectivity index (χ2v) is 7.26. The number of pyridine rings is 2. The van der Waals surface area contributed by atoms with Gasteiger partial charge in [0.25, 0.3) is 5.56 Å². The minimum atomic E-state index is -0.281. The number of rotatable bonds is 4. The van der Waals surface area contributed by atoms with Crippen molar-refractivity contribution in [3.63, 3.8) is 0 Å². The van der Waals surface area contributed by atoms with Gasteiger partial charge in [0.2, 0.25) is 12.7 Å². The van der Waals surface area contributed by atoms with Gasteiger partial charge in [0.15, 0.2) is 17.3 Å². The Morgan fingerprint density at radius 2 is 1.87 bits per heavy atom. The maximum Gasteiger partial charge on any atom is 0.261 e. The summed E-state index contributed by atoms with van der Waals surface area (Å²) in [6.45, 7) is 2.24. The SMILES string of the molecule is Cc1cccc(N=Cc2c(O)n(Cc3ccc4c(c3)OCO4)c(=O)c3ccccc23)n1. The van der Waals surface area contributed by atoms with Crippen molar-refractivity contribution in [1.29, 1.82) is 0 Å². The van der Waals surface area contributed by atoms with E-state index in [9.17, 15) is 9.90 Å². The third-order valence-electron chi connectivity index (χ3n) is 5.17. The second-order valence-electron chi connectivity index (χ2n) is 7.26. The lowest BCUT2D eigenvalue weighted by Crippen LogP contribution is -2.22. The number of hydrogen-bond donors (Lipinski definition) is 1. The lowest BCUT2D eigenvalue weighted by atomic mass is 10.1. The van der Waals surface area contributed by atoms with E-state index in [0.29, 0.717) is 33.7 Å². The number of aryl methyl sites for hydroxylation is 1. The van der Waals surface area contributed by atoms with E-state index >= 15 is 0 Å². The molecule has 0 bridgehead atoms. The topological polar surface area (TPSA) is 85.9 Å². The first-order valence-corrected chi connectivity index (χ1v) is 9.81. The molecular weight excluding hydrogens is 394 g/mol. The molecule has 1 aliphatic heterocycles. The highest BCUT2D eigenvalue weighted by Crippen LogP contribution is 2.33. The minimum absolute atomic E-state index is 0.155. The molecule has 154 valence electrons. The molecule has 0 amide bonds.